The molecule has 0 radical (unpaired) electrons. The van der Waals surface area contributed by atoms with Gasteiger partial charge in [-0.25, -0.2) is 22.0 Å². The smallest absolute Gasteiger partial charge is 0.261 e. The van der Waals surface area contributed by atoms with Gasteiger partial charge in [0, 0.05) is 17.8 Å². The molecule has 0 bridgehead atoms. The van der Waals surface area contributed by atoms with Gasteiger partial charge in [0.1, 0.15) is 0 Å². The number of rotatable bonds is 8. The topological polar surface area (TPSA) is 135 Å². The van der Waals surface area contributed by atoms with Gasteiger partial charge >= 0.3 is 0 Å². The zero-order chi connectivity index (χ0) is 24.2. The monoisotopic (exact) mass is 487 g/mol. The van der Waals surface area contributed by atoms with E-state index in [1.165, 1.54) is 36.4 Å². The largest absolute Gasteiger partial charge is 0.352 e. The van der Waals surface area contributed by atoms with E-state index in [-0.39, 0.29) is 15.7 Å². The molecule has 10 heteroatoms. The first kappa shape index (κ1) is 24.4. The van der Waals surface area contributed by atoms with Crippen molar-refractivity contribution in [3.8, 4) is 0 Å². The third-order valence-corrected chi connectivity index (χ3v) is 7.46. The third-order valence-electron chi connectivity index (χ3n) is 5.14. The standard InChI is InChI=1S/C23H25N3O5S2/c1-16-3-8-20(15-17(16)2)26-33(30,31)22-11-6-19(7-12-22)23(27)25-14-13-18-4-9-21(10-5-18)32(24,28)29/h3-12,15,26H,13-14H2,1-2H3,(H,25,27)(H2,24,28,29). The SMILES string of the molecule is Cc1ccc(NS(=O)(=O)c2ccc(C(=O)NCCc3ccc(S(N)(=O)=O)cc3)cc2)cc1C. The number of amides is 1. The number of nitrogens with two attached hydrogens (primary N) is 1. The van der Waals surface area contributed by atoms with Gasteiger partial charge in [-0.15, -0.1) is 0 Å². The van der Waals surface area contributed by atoms with Crippen molar-refractivity contribution in [1.82, 2.24) is 5.32 Å². The second kappa shape index (κ2) is 9.74. The van der Waals surface area contributed by atoms with Crippen molar-refractivity contribution in [2.24, 2.45) is 5.14 Å². The van der Waals surface area contributed by atoms with Crippen molar-refractivity contribution in [3.05, 3.63) is 89.0 Å². The number of hydrogen-bond donors (Lipinski definition) is 3. The summed E-state index contributed by atoms with van der Waals surface area (Å²) in [5.41, 5.74) is 3.67. The summed E-state index contributed by atoms with van der Waals surface area (Å²) in [5.74, 6) is -0.345. The Morgan fingerprint density at radius 3 is 2.00 bits per heavy atom. The van der Waals surface area contributed by atoms with Crippen molar-refractivity contribution in [3.63, 3.8) is 0 Å². The summed E-state index contributed by atoms with van der Waals surface area (Å²) in [6.07, 6.45) is 0.489. The number of primary sulfonamides is 1. The lowest BCUT2D eigenvalue weighted by Crippen LogP contribution is -2.25. The summed E-state index contributed by atoms with van der Waals surface area (Å²) >= 11 is 0. The molecule has 0 saturated carbocycles. The van der Waals surface area contributed by atoms with Gasteiger partial charge in [-0.2, -0.15) is 0 Å². The van der Waals surface area contributed by atoms with E-state index < -0.39 is 20.0 Å². The first-order valence-corrected chi connectivity index (χ1v) is 13.1. The molecule has 0 aromatic heterocycles. The number of hydrogen-bond acceptors (Lipinski definition) is 5. The molecule has 0 fully saturated rings. The Balaban J connectivity index is 1.58. The molecule has 3 rings (SSSR count). The zero-order valence-electron chi connectivity index (χ0n) is 18.2. The van der Waals surface area contributed by atoms with E-state index in [0.29, 0.717) is 24.2 Å². The van der Waals surface area contributed by atoms with Crippen molar-refractivity contribution in [1.29, 1.82) is 0 Å². The summed E-state index contributed by atoms with van der Waals surface area (Å²) in [5, 5.41) is 7.83. The molecule has 174 valence electrons. The van der Waals surface area contributed by atoms with Crippen LogP contribution >= 0.6 is 0 Å². The molecule has 3 aromatic rings. The third kappa shape index (κ3) is 6.41. The molecule has 33 heavy (non-hydrogen) atoms. The van der Waals surface area contributed by atoms with Gasteiger partial charge in [-0.05, 0) is 85.5 Å². The van der Waals surface area contributed by atoms with Gasteiger partial charge in [0.2, 0.25) is 10.0 Å². The summed E-state index contributed by atoms with van der Waals surface area (Å²) in [4.78, 5) is 12.4. The molecule has 4 N–H and O–H groups in total. The number of carbonyl (C=O) groups is 1. The van der Waals surface area contributed by atoms with Gasteiger partial charge < -0.3 is 5.32 Å². The summed E-state index contributed by atoms with van der Waals surface area (Å²) in [7, 11) is -7.53. The van der Waals surface area contributed by atoms with Gasteiger partial charge in [-0.3, -0.25) is 9.52 Å². The van der Waals surface area contributed by atoms with Crippen LogP contribution in [0, 0.1) is 13.8 Å². The van der Waals surface area contributed by atoms with E-state index in [1.807, 2.05) is 19.9 Å². The van der Waals surface area contributed by atoms with Crippen LogP contribution < -0.4 is 15.2 Å². The minimum absolute atomic E-state index is 0.0253. The molecule has 0 unspecified atom stereocenters. The first-order valence-electron chi connectivity index (χ1n) is 10.1. The average molecular weight is 488 g/mol. The number of sulfonamides is 2. The Morgan fingerprint density at radius 1 is 0.818 bits per heavy atom. The van der Waals surface area contributed by atoms with Crippen molar-refractivity contribution < 1.29 is 21.6 Å². The van der Waals surface area contributed by atoms with Crippen LogP contribution in [0.4, 0.5) is 5.69 Å². The van der Waals surface area contributed by atoms with Crippen LogP contribution in [0.2, 0.25) is 0 Å². The van der Waals surface area contributed by atoms with E-state index >= 15 is 0 Å². The highest BCUT2D eigenvalue weighted by molar-refractivity contribution is 7.92. The van der Waals surface area contributed by atoms with E-state index in [1.54, 1.807) is 24.3 Å². The fourth-order valence-corrected chi connectivity index (χ4v) is 4.64. The minimum Gasteiger partial charge on any atom is -0.352 e. The quantitative estimate of drug-likeness (QED) is 0.449. The number of carbonyl (C=O) groups excluding carboxylic acids is 1. The van der Waals surface area contributed by atoms with Crippen LogP contribution in [-0.2, 0) is 26.5 Å². The number of nitrogens with one attached hydrogen (secondary N) is 2. The molecule has 0 aliphatic carbocycles. The van der Waals surface area contributed by atoms with Crippen LogP contribution in [-0.4, -0.2) is 29.3 Å². The first-order chi connectivity index (χ1) is 15.5. The summed E-state index contributed by atoms with van der Waals surface area (Å²) in [6, 6.07) is 17.1. The fourth-order valence-electron chi connectivity index (χ4n) is 3.07. The molecule has 0 aliphatic heterocycles. The lowest BCUT2D eigenvalue weighted by molar-refractivity contribution is 0.0954. The van der Waals surface area contributed by atoms with Crippen LogP contribution in [0.15, 0.2) is 76.5 Å². The Kier molecular flexibility index (Phi) is 7.21. The molecule has 0 heterocycles. The lowest BCUT2D eigenvalue weighted by Gasteiger charge is -2.11. The molecule has 0 atom stereocenters. The maximum atomic E-state index is 12.6. The number of benzene rings is 3. The predicted octanol–water partition coefficient (Wildman–Crippen LogP) is 2.72. The average Bonchev–Trinajstić information content (AvgIpc) is 2.76. The van der Waals surface area contributed by atoms with E-state index in [0.717, 1.165) is 16.7 Å². The second-order valence-corrected chi connectivity index (χ2v) is 10.9. The molecule has 8 nitrogen and oxygen atoms in total. The zero-order valence-corrected chi connectivity index (χ0v) is 19.8. The Hall–Kier alpha value is -3.21. The highest BCUT2D eigenvalue weighted by atomic mass is 32.2. The minimum atomic E-state index is -3.79. The van der Waals surface area contributed by atoms with E-state index in [4.69, 9.17) is 5.14 Å². The van der Waals surface area contributed by atoms with E-state index in [2.05, 4.69) is 10.0 Å². The Bertz CT molecular complexity index is 1370. The van der Waals surface area contributed by atoms with Gasteiger partial charge in [-0.1, -0.05) is 18.2 Å². The molecule has 0 aliphatic rings. The molecular formula is C23H25N3O5S2. The Morgan fingerprint density at radius 2 is 1.42 bits per heavy atom. The number of aryl methyl sites for hydroxylation is 2. The van der Waals surface area contributed by atoms with Crippen LogP contribution in [0.1, 0.15) is 27.0 Å². The number of anilines is 1. The fraction of sp³-hybridized carbons (Fsp3) is 0.174. The summed E-state index contributed by atoms with van der Waals surface area (Å²) in [6.45, 7) is 4.17. The lowest BCUT2D eigenvalue weighted by atomic mass is 10.1. The van der Waals surface area contributed by atoms with Gasteiger partial charge in [0.15, 0.2) is 0 Å². The second-order valence-electron chi connectivity index (χ2n) is 7.62. The van der Waals surface area contributed by atoms with Gasteiger partial charge in [0.05, 0.1) is 9.79 Å². The highest BCUT2D eigenvalue weighted by Crippen LogP contribution is 2.19. The van der Waals surface area contributed by atoms with Crippen LogP contribution in [0.3, 0.4) is 0 Å². The summed E-state index contributed by atoms with van der Waals surface area (Å²) < 4.78 is 50.4. The molecule has 3 aromatic carbocycles. The van der Waals surface area contributed by atoms with Gasteiger partial charge in [0.25, 0.3) is 15.9 Å². The van der Waals surface area contributed by atoms with Crippen molar-refractivity contribution in [2.75, 3.05) is 11.3 Å². The predicted molar refractivity (Wildman–Crippen MR) is 127 cm³/mol. The van der Waals surface area contributed by atoms with Crippen LogP contribution in [0.5, 0.6) is 0 Å². The maximum absolute atomic E-state index is 12.6. The Labute approximate surface area is 193 Å². The van der Waals surface area contributed by atoms with E-state index in [9.17, 15) is 21.6 Å². The maximum Gasteiger partial charge on any atom is 0.261 e. The molecular weight excluding hydrogens is 462 g/mol. The highest BCUT2D eigenvalue weighted by Gasteiger charge is 2.16. The van der Waals surface area contributed by atoms with Crippen molar-refractivity contribution >= 4 is 31.6 Å². The van der Waals surface area contributed by atoms with Crippen molar-refractivity contribution in [2.45, 2.75) is 30.1 Å². The van der Waals surface area contributed by atoms with Crippen LogP contribution in [0.25, 0.3) is 0 Å². The normalized spacial score (nSPS) is 11.7. The molecule has 0 saturated heterocycles. The molecule has 1 amide bonds. The molecule has 0 spiro atoms.